The van der Waals surface area contributed by atoms with E-state index in [9.17, 15) is 23.3 Å². The topological polar surface area (TPSA) is 101 Å². The Balaban J connectivity index is 1.62. The predicted octanol–water partition coefficient (Wildman–Crippen LogP) is 2.79. The molecule has 0 aliphatic carbocycles. The molecule has 2 aromatic carbocycles. The molecule has 0 N–H and O–H groups in total. The number of halogens is 1. The van der Waals surface area contributed by atoms with E-state index in [1.54, 1.807) is 24.3 Å². The number of benzene rings is 2. The van der Waals surface area contributed by atoms with Crippen molar-refractivity contribution in [3.63, 3.8) is 0 Å². The lowest BCUT2D eigenvalue weighted by molar-refractivity contribution is -0.384. The first-order valence-electron chi connectivity index (χ1n) is 8.74. The lowest BCUT2D eigenvalue weighted by atomic mass is 10.2. The van der Waals surface area contributed by atoms with Gasteiger partial charge in [-0.2, -0.15) is 4.31 Å². The molecule has 0 radical (unpaired) electrons. The second kappa shape index (κ2) is 8.73. The van der Waals surface area contributed by atoms with Crippen molar-refractivity contribution in [1.82, 2.24) is 9.21 Å². The lowest BCUT2D eigenvalue weighted by Gasteiger charge is -2.33. The molecule has 8 nitrogen and oxygen atoms in total. The largest absolute Gasteiger partial charge is 0.337 e. The van der Waals surface area contributed by atoms with Gasteiger partial charge in [-0.3, -0.25) is 14.9 Å². The molecule has 0 aromatic heterocycles. The summed E-state index contributed by atoms with van der Waals surface area (Å²) in [7, 11) is -3.67. The van der Waals surface area contributed by atoms with Crippen LogP contribution in [0.2, 0.25) is 5.02 Å². The Hall–Kier alpha value is -2.75. The van der Waals surface area contributed by atoms with Crippen molar-refractivity contribution in [1.29, 1.82) is 0 Å². The van der Waals surface area contributed by atoms with Gasteiger partial charge in [0.15, 0.2) is 0 Å². The van der Waals surface area contributed by atoms with Crippen LogP contribution in [0.1, 0.15) is 5.56 Å². The van der Waals surface area contributed by atoms with Gasteiger partial charge in [0.25, 0.3) is 5.69 Å². The van der Waals surface area contributed by atoms with Gasteiger partial charge in [-0.1, -0.05) is 29.8 Å². The van der Waals surface area contributed by atoms with Gasteiger partial charge in [-0.05, 0) is 29.8 Å². The number of hydrogen-bond donors (Lipinski definition) is 0. The van der Waals surface area contributed by atoms with Crippen LogP contribution in [-0.2, 0) is 14.8 Å². The Morgan fingerprint density at radius 2 is 1.76 bits per heavy atom. The van der Waals surface area contributed by atoms with Crippen LogP contribution < -0.4 is 0 Å². The second-order valence-corrected chi connectivity index (χ2v) is 8.75. The van der Waals surface area contributed by atoms with E-state index in [1.807, 2.05) is 0 Å². The molecular weight excluding hydrogens is 418 g/mol. The third-order valence-electron chi connectivity index (χ3n) is 4.48. The first kappa shape index (κ1) is 21.0. The van der Waals surface area contributed by atoms with Gasteiger partial charge in [0.05, 0.1) is 9.82 Å². The number of carbonyl (C=O) groups is 1. The molecule has 0 atom stereocenters. The van der Waals surface area contributed by atoms with Gasteiger partial charge in [-0.25, -0.2) is 8.42 Å². The van der Waals surface area contributed by atoms with Crippen LogP contribution in [0.15, 0.2) is 59.5 Å². The number of nitro benzene ring substituents is 1. The molecule has 10 heteroatoms. The molecule has 29 heavy (non-hydrogen) atoms. The highest BCUT2D eigenvalue weighted by Gasteiger charge is 2.29. The molecule has 3 rings (SSSR count). The zero-order valence-electron chi connectivity index (χ0n) is 15.3. The molecule has 0 unspecified atom stereocenters. The van der Waals surface area contributed by atoms with Gasteiger partial charge in [0.1, 0.15) is 0 Å². The molecule has 152 valence electrons. The van der Waals surface area contributed by atoms with Crippen molar-refractivity contribution in [2.45, 2.75) is 4.90 Å². The third-order valence-corrected chi connectivity index (χ3v) is 6.61. The number of nitrogens with zero attached hydrogens (tertiary/aromatic N) is 3. The summed E-state index contributed by atoms with van der Waals surface area (Å²) < 4.78 is 26.7. The van der Waals surface area contributed by atoms with E-state index in [1.165, 1.54) is 45.6 Å². The summed E-state index contributed by atoms with van der Waals surface area (Å²) in [5.41, 5.74) is 0.481. The molecular formula is C19H18ClN3O5S. The zero-order chi connectivity index (χ0) is 21.0. The van der Waals surface area contributed by atoms with Gasteiger partial charge in [0, 0.05) is 49.4 Å². The molecule has 1 aliphatic rings. The molecule has 1 amide bonds. The van der Waals surface area contributed by atoms with E-state index in [0.29, 0.717) is 10.6 Å². The highest BCUT2D eigenvalue weighted by molar-refractivity contribution is 7.89. The van der Waals surface area contributed by atoms with Gasteiger partial charge < -0.3 is 4.90 Å². The summed E-state index contributed by atoms with van der Waals surface area (Å²) in [6.45, 7) is 0.840. The van der Waals surface area contributed by atoms with E-state index >= 15 is 0 Å². The number of nitro groups is 1. The number of rotatable bonds is 5. The van der Waals surface area contributed by atoms with Crippen LogP contribution in [0.3, 0.4) is 0 Å². The zero-order valence-corrected chi connectivity index (χ0v) is 16.8. The fraction of sp³-hybridized carbons (Fsp3) is 0.211. The molecule has 0 bridgehead atoms. The van der Waals surface area contributed by atoms with Crippen LogP contribution in [-0.4, -0.2) is 54.6 Å². The number of non-ortho nitro benzene ring substituents is 1. The molecule has 0 spiro atoms. The lowest BCUT2D eigenvalue weighted by Crippen LogP contribution is -2.50. The smallest absolute Gasteiger partial charge is 0.270 e. The first-order chi connectivity index (χ1) is 13.8. The van der Waals surface area contributed by atoms with Crippen LogP contribution in [0.5, 0.6) is 0 Å². The molecule has 1 aliphatic heterocycles. The number of hydrogen-bond acceptors (Lipinski definition) is 5. The minimum atomic E-state index is -3.67. The highest BCUT2D eigenvalue weighted by Crippen LogP contribution is 2.21. The normalized spacial score (nSPS) is 15.6. The molecule has 1 saturated heterocycles. The first-order valence-corrected chi connectivity index (χ1v) is 10.6. The summed E-state index contributed by atoms with van der Waals surface area (Å²) in [4.78, 5) is 24.4. The van der Waals surface area contributed by atoms with Crippen LogP contribution in [0.25, 0.3) is 6.08 Å². The van der Waals surface area contributed by atoms with Crippen molar-refractivity contribution < 1.29 is 18.1 Å². The van der Waals surface area contributed by atoms with Crippen LogP contribution in [0, 0.1) is 10.1 Å². The van der Waals surface area contributed by atoms with E-state index in [-0.39, 0.29) is 42.7 Å². The van der Waals surface area contributed by atoms with E-state index in [0.717, 1.165) is 0 Å². The summed E-state index contributed by atoms with van der Waals surface area (Å²) in [5.74, 6) is -0.281. The quantitative estimate of drug-likeness (QED) is 0.408. The number of piperazine rings is 1. The Morgan fingerprint density at radius 1 is 1.07 bits per heavy atom. The average molecular weight is 436 g/mol. The maximum absolute atomic E-state index is 12.7. The Kier molecular flexibility index (Phi) is 6.31. The molecule has 1 fully saturated rings. The maximum atomic E-state index is 12.7. The maximum Gasteiger partial charge on any atom is 0.270 e. The van der Waals surface area contributed by atoms with Crippen molar-refractivity contribution in [3.8, 4) is 0 Å². The van der Waals surface area contributed by atoms with Crippen LogP contribution >= 0.6 is 11.6 Å². The molecule has 2 aromatic rings. The predicted molar refractivity (Wildman–Crippen MR) is 109 cm³/mol. The SMILES string of the molecule is O=C(C=Cc1cccc([N+](=O)[O-])c1)N1CCN(S(=O)(=O)c2cccc(Cl)c2)CC1. The van der Waals surface area contributed by atoms with Crippen molar-refractivity contribution in [3.05, 3.63) is 75.3 Å². The standard InChI is InChI=1S/C19H18ClN3O5S/c20-16-4-2-6-18(14-16)29(27,28)22-11-9-21(10-12-22)19(24)8-7-15-3-1-5-17(13-15)23(25)26/h1-8,13-14H,9-12H2. The second-order valence-electron chi connectivity index (χ2n) is 6.37. The summed E-state index contributed by atoms with van der Waals surface area (Å²) in [6, 6.07) is 12.0. The van der Waals surface area contributed by atoms with Crippen molar-refractivity contribution in [2.75, 3.05) is 26.2 Å². The monoisotopic (exact) mass is 435 g/mol. The minimum absolute atomic E-state index is 0.0561. The van der Waals surface area contributed by atoms with Gasteiger partial charge in [-0.15, -0.1) is 0 Å². The third kappa shape index (κ3) is 5.00. The Morgan fingerprint density at radius 3 is 2.41 bits per heavy atom. The summed E-state index contributed by atoms with van der Waals surface area (Å²) in [5, 5.41) is 11.2. The van der Waals surface area contributed by atoms with Crippen LogP contribution in [0.4, 0.5) is 5.69 Å². The minimum Gasteiger partial charge on any atom is -0.337 e. The number of amides is 1. The fourth-order valence-electron chi connectivity index (χ4n) is 2.94. The molecule has 1 heterocycles. The number of carbonyl (C=O) groups excluding carboxylic acids is 1. The Bertz CT molecular complexity index is 1060. The van der Waals surface area contributed by atoms with Gasteiger partial charge >= 0.3 is 0 Å². The van der Waals surface area contributed by atoms with Crippen molar-refractivity contribution >= 4 is 39.3 Å². The fourth-order valence-corrected chi connectivity index (χ4v) is 4.66. The van der Waals surface area contributed by atoms with E-state index < -0.39 is 14.9 Å². The highest BCUT2D eigenvalue weighted by atomic mass is 35.5. The molecule has 0 saturated carbocycles. The van der Waals surface area contributed by atoms with Gasteiger partial charge in [0.2, 0.25) is 15.9 Å². The van der Waals surface area contributed by atoms with E-state index in [4.69, 9.17) is 11.6 Å². The average Bonchev–Trinajstić information content (AvgIpc) is 2.72. The van der Waals surface area contributed by atoms with Crippen molar-refractivity contribution in [2.24, 2.45) is 0 Å². The Labute approximate surface area is 173 Å². The number of sulfonamides is 1. The van der Waals surface area contributed by atoms with E-state index in [2.05, 4.69) is 0 Å². The summed E-state index contributed by atoms with van der Waals surface area (Å²) in [6.07, 6.45) is 2.84. The summed E-state index contributed by atoms with van der Waals surface area (Å²) >= 11 is 5.89.